The van der Waals surface area contributed by atoms with Crippen molar-refractivity contribution in [1.29, 1.82) is 0 Å². The number of hydrogen-bond donors (Lipinski definition) is 2. The van der Waals surface area contributed by atoms with Gasteiger partial charge in [0.25, 0.3) is 0 Å². The Morgan fingerprint density at radius 3 is 0.806 bits per heavy atom. The quantitative estimate of drug-likeness (QED) is 0.233. The number of nitrogens with zero attached hydrogens (tertiary/aromatic N) is 2. The van der Waals surface area contributed by atoms with Crippen LogP contribution in [-0.4, -0.2) is 146 Å². The molecule has 0 spiro atoms. The number of nitrogens with two attached hydrogens (primary N) is 2. The molecule has 0 unspecified atom stereocenters. The molecule has 0 aliphatic carbocycles. The number of carbonyl (C=O) groups excluding carboxylic acids is 4. The van der Waals surface area contributed by atoms with Crippen molar-refractivity contribution >= 4 is 61.6 Å². The van der Waals surface area contributed by atoms with Crippen LogP contribution in [0.15, 0.2) is 0 Å². The van der Waals surface area contributed by atoms with Crippen molar-refractivity contribution in [1.82, 2.24) is 9.80 Å². The smallest absolute Gasteiger partial charge is 0.549 e. The molecule has 0 atom stereocenters. The molecule has 19 heteroatoms. The van der Waals surface area contributed by atoms with E-state index in [0.29, 0.717) is 0 Å². The second-order valence-corrected chi connectivity index (χ2v) is 4.49. The van der Waals surface area contributed by atoms with Crippen LogP contribution in [0.2, 0.25) is 0 Å². The normalized spacial score (nSPS) is 7.87. The topological polar surface area (TPSA) is 345 Å². The first-order valence-corrected chi connectivity index (χ1v) is 6.76. The van der Waals surface area contributed by atoms with Crippen molar-refractivity contribution in [2.24, 2.45) is 11.5 Å². The molecular weight excluding hydrogens is 478 g/mol. The number of hydrogen-bond acceptors (Lipinski definition) is 12. The molecule has 0 aliphatic heterocycles. The Hall–Kier alpha value is 0.820. The standard InChI is InChI=1S/2C6H12N2O4.Ca.2Na.4H2O/c2*7-1-2-8(3-5(9)10)4-6(11)12;;;;;;;/h2*1-4,7H2,(H,9,10)(H,11,12);;;;4*1H2/q;;+2;2*+1;;;;/p-4. The Balaban J connectivity index is -0.0000000364. The molecular formula is C12H28CaN4Na2O12. The van der Waals surface area contributed by atoms with Gasteiger partial charge in [0.15, 0.2) is 0 Å². The molecule has 172 valence electrons. The van der Waals surface area contributed by atoms with Crippen LogP contribution in [0.25, 0.3) is 0 Å². The largest absolute Gasteiger partial charge is 2.00 e. The summed E-state index contributed by atoms with van der Waals surface area (Å²) in [4.78, 5) is 42.5. The Kier molecular flexibility index (Phi) is 71.3. The van der Waals surface area contributed by atoms with Gasteiger partial charge in [-0.15, -0.1) is 0 Å². The van der Waals surface area contributed by atoms with Gasteiger partial charge in [0.1, 0.15) is 0 Å². The third kappa shape index (κ3) is 49.2. The Bertz CT molecular complexity index is 370. The first-order valence-electron chi connectivity index (χ1n) is 6.76. The minimum atomic E-state index is -1.33. The predicted octanol–water partition coefficient (Wildman–Crippen LogP) is -18.2. The van der Waals surface area contributed by atoms with E-state index in [-0.39, 0.29) is 145 Å². The molecule has 0 aromatic rings. The summed E-state index contributed by atoms with van der Waals surface area (Å²) in [6.07, 6.45) is 0. The van der Waals surface area contributed by atoms with E-state index in [0.717, 1.165) is 9.80 Å². The van der Waals surface area contributed by atoms with Gasteiger partial charge in [-0.05, 0) is 0 Å². The second-order valence-electron chi connectivity index (χ2n) is 4.49. The van der Waals surface area contributed by atoms with Gasteiger partial charge >= 0.3 is 96.9 Å². The molecule has 12 N–H and O–H groups in total. The van der Waals surface area contributed by atoms with Crippen LogP contribution in [-0.2, 0) is 19.2 Å². The van der Waals surface area contributed by atoms with E-state index in [4.69, 9.17) is 11.5 Å². The monoisotopic (exact) mass is 506 g/mol. The van der Waals surface area contributed by atoms with Crippen molar-refractivity contribution in [3.8, 4) is 0 Å². The van der Waals surface area contributed by atoms with Gasteiger partial charge in [0.05, 0.1) is 23.9 Å². The Morgan fingerprint density at radius 2 is 0.710 bits per heavy atom. The fourth-order valence-electron chi connectivity index (χ4n) is 1.52. The van der Waals surface area contributed by atoms with E-state index in [9.17, 15) is 39.6 Å². The zero-order chi connectivity index (χ0) is 19.1. The fourth-order valence-corrected chi connectivity index (χ4v) is 1.52. The zero-order valence-electron chi connectivity index (χ0n) is 17.7. The third-order valence-electron chi connectivity index (χ3n) is 2.30. The van der Waals surface area contributed by atoms with Crippen LogP contribution in [0.5, 0.6) is 0 Å². The molecule has 16 nitrogen and oxygen atoms in total. The maximum atomic E-state index is 10.1. The van der Waals surface area contributed by atoms with Crippen LogP contribution in [0, 0.1) is 0 Å². The summed E-state index contributed by atoms with van der Waals surface area (Å²) in [6, 6.07) is 0. The fraction of sp³-hybridized carbons (Fsp3) is 0.667. The van der Waals surface area contributed by atoms with Crippen LogP contribution >= 0.6 is 0 Å². The van der Waals surface area contributed by atoms with Gasteiger partial charge < -0.3 is 73.0 Å². The second kappa shape index (κ2) is 38.1. The molecule has 0 saturated heterocycles. The van der Waals surface area contributed by atoms with Crippen LogP contribution in [0.4, 0.5) is 0 Å². The molecule has 0 aliphatic rings. The van der Waals surface area contributed by atoms with Crippen molar-refractivity contribution in [3.63, 3.8) is 0 Å². The van der Waals surface area contributed by atoms with E-state index >= 15 is 0 Å². The summed E-state index contributed by atoms with van der Waals surface area (Å²) in [6.45, 7) is -0.974. The van der Waals surface area contributed by atoms with Gasteiger partial charge in [-0.3, -0.25) is 9.80 Å². The van der Waals surface area contributed by atoms with Crippen LogP contribution in [0.1, 0.15) is 0 Å². The summed E-state index contributed by atoms with van der Waals surface area (Å²) in [5.74, 6) is -5.32. The zero-order valence-corrected chi connectivity index (χ0v) is 23.9. The van der Waals surface area contributed by atoms with Gasteiger partial charge in [-0.1, -0.05) is 0 Å². The summed E-state index contributed by atoms with van der Waals surface area (Å²) < 4.78 is 0. The Labute approximate surface area is 253 Å². The van der Waals surface area contributed by atoms with Gasteiger partial charge in [-0.25, -0.2) is 0 Å². The average molecular weight is 506 g/mol. The van der Waals surface area contributed by atoms with E-state index < -0.39 is 50.1 Å². The minimum absolute atomic E-state index is 0. The van der Waals surface area contributed by atoms with Gasteiger partial charge in [-0.2, -0.15) is 0 Å². The van der Waals surface area contributed by atoms with Crippen molar-refractivity contribution < 1.29 is 121 Å². The molecule has 31 heavy (non-hydrogen) atoms. The van der Waals surface area contributed by atoms with Crippen LogP contribution < -0.4 is 91.0 Å². The predicted molar refractivity (Wildman–Crippen MR) is 91.2 cm³/mol. The van der Waals surface area contributed by atoms with Gasteiger partial charge in [0.2, 0.25) is 0 Å². The van der Waals surface area contributed by atoms with Gasteiger partial charge in [0, 0.05) is 52.4 Å². The first kappa shape index (κ1) is 58.0. The molecule has 0 heterocycles. The summed E-state index contributed by atoms with van der Waals surface area (Å²) in [7, 11) is 0. The first-order chi connectivity index (χ1) is 11.1. The SMILES string of the molecule is NCCN(CC(=O)[O-])CC(=O)[O-].NCCN(CC(=O)[O-])CC(=O)[O-].O.O.O.O.[Ca+2].[Na+].[Na+]. The molecule has 0 radical (unpaired) electrons. The van der Waals surface area contributed by atoms with E-state index in [2.05, 4.69) is 0 Å². The molecule has 0 bridgehead atoms. The number of rotatable bonds is 12. The third-order valence-corrected chi connectivity index (χ3v) is 2.30. The number of aliphatic carboxylic acids is 4. The van der Waals surface area contributed by atoms with E-state index in [1.807, 2.05) is 0 Å². The van der Waals surface area contributed by atoms with Crippen molar-refractivity contribution in [2.75, 3.05) is 52.4 Å². The van der Waals surface area contributed by atoms with Crippen LogP contribution in [0.3, 0.4) is 0 Å². The summed E-state index contributed by atoms with van der Waals surface area (Å²) in [5, 5.41) is 40.2. The molecule has 0 amide bonds. The molecule has 0 aromatic carbocycles. The maximum Gasteiger partial charge on any atom is 2.00 e. The average Bonchev–Trinajstić information content (AvgIpc) is 2.36. The van der Waals surface area contributed by atoms with Crippen molar-refractivity contribution in [3.05, 3.63) is 0 Å². The number of carbonyl (C=O) groups is 4. The number of carboxylic acid groups (broad SMARTS) is 4. The molecule has 0 rings (SSSR count). The molecule has 0 saturated carbocycles. The van der Waals surface area contributed by atoms with Crippen molar-refractivity contribution in [2.45, 2.75) is 0 Å². The van der Waals surface area contributed by atoms with E-state index in [1.54, 1.807) is 0 Å². The summed E-state index contributed by atoms with van der Waals surface area (Å²) in [5.41, 5.74) is 10.2. The Morgan fingerprint density at radius 1 is 0.548 bits per heavy atom. The summed E-state index contributed by atoms with van der Waals surface area (Å²) >= 11 is 0. The maximum absolute atomic E-state index is 10.1. The molecule has 0 fully saturated rings. The minimum Gasteiger partial charge on any atom is -0.549 e. The van der Waals surface area contributed by atoms with E-state index in [1.165, 1.54) is 0 Å². The molecule has 0 aromatic heterocycles. The number of carboxylic acids is 4.